The number of nitro groups is 1. The smallest absolute Gasteiger partial charge is 0.269 e. The summed E-state index contributed by atoms with van der Waals surface area (Å²) < 4.78 is 5.63. The number of hydrogen-bond donors (Lipinski definition) is 1. The number of thioether (sulfide) groups is 1. The van der Waals surface area contributed by atoms with Crippen LogP contribution in [-0.2, 0) is 11.2 Å². The number of furan rings is 1. The van der Waals surface area contributed by atoms with Gasteiger partial charge in [-0.25, -0.2) is 4.98 Å². The molecule has 0 unspecified atom stereocenters. The van der Waals surface area contributed by atoms with Gasteiger partial charge in [0.15, 0.2) is 0 Å². The Morgan fingerprint density at radius 2 is 2.04 bits per heavy atom. The number of carbonyl (C=O) groups excluding carboxylic acids is 1. The summed E-state index contributed by atoms with van der Waals surface area (Å²) in [5.74, 6) is 0.0534. The van der Waals surface area contributed by atoms with Crippen LogP contribution in [0.15, 0.2) is 50.9 Å². The summed E-state index contributed by atoms with van der Waals surface area (Å²) >= 11 is 0.859. The molecule has 1 aromatic carbocycles. The molecular formula is C18H15N4O5S-. The molecule has 0 aliphatic carbocycles. The molecule has 0 bridgehead atoms. The Balaban J connectivity index is 1.79. The lowest BCUT2D eigenvalue weighted by atomic mass is 10.1. The molecule has 2 heterocycles. The second-order valence-corrected chi connectivity index (χ2v) is 6.73. The van der Waals surface area contributed by atoms with Gasteiger partial charge in [0.2, 0.25) is 5.16 Å². The zero-order valence-electron chi connectivity index (χ0n) is 14.7. The van der Waals surface area contributed by atoms with Gasteiger partial charge in [0.1, 0.15) is 17.3 Å². The van der Waals surface area contributed by atoms with E-state index in [-0.39, 0.29) is 15.7 Å². The van der Waals surface area contributed by atoms with Crippen LogP contribution in [0.1, 0.15) is 24.9 Å². The van der Waals surface area contributed by atoms with Crippen molar-refractivity contribution in [2.75, 3.05) is 0 Å². The zero-order chi connectivity index (χ0) is 20.1. The van der Waals surface area contributed by atoms with Crippen LogP contribution >= 0.6 is 11.8 Å². The number of aliphatic carboxylic acids is 1. The van der Waals surface area contributed by atoms with Gasteiger partial charge in [-0.2, -0.15) is 0 Å². The Morgan fingerprint density at radius 1 is 1.29 bits per heavy atom. The molecule has 3 rings (SSSR count). The number of nitrogens with zero attached hydrogens (tertiary/aromatic N) is 3. The van der Waals surface area contributed by atoms with Gasteiger partial charge in [-0.3, -0.25) is 15.2 Å². The van der Waals surface area contributed by atoms with Crippen LogP contribution in [0.2, 0.25) is 0 Å². The maximum atomic E-state index is 11.4. The van der Waals surface area contributed by atoms with Crippen molar-refractivity contribution in [2.24, 2.45) is 0 Å². The molecule has 0 aliphatic rings. The number of aromatic amines is 1. The third-order valence-corrected chi connectivity index (χ3v) is 4.53. The lowest BCUT2D eigenvalue weighted by Crippen LogP contribution is -2.23. The van der Waals surface area contributed by atoms with Crippen LogP contribution in [0.5, 0.6) is 0 Å². The highest BCUT2D eigenvalue weighted by atomic mass is 32.2. The lowest BCUT2D eigenvalue weighted by molar-refractivity contribution is -0.384. The minimum atomic E-state index is -1.37. The highest BCUT2D eigenvalue weighted by Crippen LogP contribution is 2.29. The SMILES string of the molecule is CCCc1nc(S/C(=C\c2ccc(-c3ccc([N+](=O)[O-])cc3)o2)C(=O)[O-])n[nH]1. The Hall–Kier alpha value is -3.40. The molecule has 144 valence electrons. The van der Waals surface area contributed by atoms with E-state index in [2.05, 4.69) is 15.2 Å². The van der Waals surface area contributed by atoms with Crippen molar-refractivity contribution in [3.8, 4) is 11.3 Å². The Labute approximate surface area is 163 Å². The van der Waals surface area contributed by atoms with Gasteiger partial charge in [0, 0.05) is 29.0 Å². The van der Waals surface area contributed by atoms with E-state index in [1.807, 2.05) is 6.92 Å². The number of nitrogens with one attached hydrogen (secondary N) is 1. The second kappa shape index (κ2) is 8.53. The topological polar surface area (TPSA) is 138 Å². The fraction of sp³-hybridized carbons (Fsp3) is 0.167. The van der Waals surface area contributed by atoms with Gasteiger partial charge in [-0.05, 0) is 48.5 Å². The lowest BCUT2D eigenvalue weighted by Gasteiger charge is -2.04. The number of rotatable bonds is 8. The van der Waals surface area contributed by atoms with Crippen molar-refractivity contribution >= 4 is 29.5 Å². The molecule has 0 atom stereocenters. The number of H-pyrrole nitrogens is 1. The van der Waals surface area contributed by atoms with E-state index < -0.39 is 10.9 Å². The zero-order valence-corrected chi connectivity index (χ0v) is 15.6. The first-order valence-electron chi connectivity index (χ1n) is 8.33. The number of nitro benzene ring substituents is 1. The molecule has 10 heteroatoms. The third kappa shape index (κ3) is 4.65. The van der Waals surface area contributed by atoms with Gasteiger partial charge < -0.3 is 14.3 Å². The first-order chi connectivity index (χ1) is 13.5. The molecule has 0 radical (unpaired) electrons. The van der Waals surface area contributed by atoms with Gasteiger partial charge in [-0.15, -0.1) is 5.10 Å². The molecular weight excluding hydrogens is 384 g/mol. The first-order valence-corrected chi connectivity index (χ1v) is 9.14. The number of carbonyl (C=O) groups is 1. The number of hydrogen-bond acceptors (Lipinski definition) is 8. The van der Waals surface area contributed by atoms with Gasteiger partial charge in [-0.1, -0.05) is 6.92 Å². The monoisotopic (exact) mass is 399 g/mol. The maximum Gasteiger partial charge on any atom is 0.269 e. The number of carboxylic acid groups (broad SMARTS) is 1. The highest BCUT2D eigenvalue weighted by molar-refractivity contribution is 8.04. The maximum absolute atomic E-state index is 11.4. The van der Waals surface area contributed by atoms with Crippen LogP contribution in [0.25, 0.3) is 17.4 Å². The van der Waals surface area contributed by atoms with E-state index in [4.69, 9.17) is 4.42 Å². The second-order valence-electron chi connectivity index (χ2n) is 5.72. The van der Waals surface area contributed by atoms with Gasteiger partial charge in [0.25, 0.3) is 5.69 Å². The molecule has 1 N–H and O–H groups in total. The van der Waals surface area contributed by atoms with E-state index in [0.29, 0.717) is 29.3 Å². The highest BCUT2D eigenvalue weighted by Gasteiger charge is 2.11. The largest absolute Gasteiger partial charge is 0.544 e. The molecule has 9 nitrogen and oxygen atoms in total. The fourth-order valence-electron chi connectivity index (χ4n) is 2.36. The summed E-state index contributed by atoms with van der Waals surface area (Å²) in [5, 5.41) is 29.2. The van der Waals surface area contributed by atoms with E-state index in [0.717, 1.165) is 18.2 Å². The van der Waals surface area contributed by atoms with Gasteiger partial charge >= 0.3 is 0 Å². The summed E-state index contributed by atoms with van der Waals surface area (Å²) in [6.45, 7) is 2.00. The van der Waals surface area contributed by atoms with E-state index in [9.17, 15) is 20.0 Å². The molecule has 0 aliphatic heterocycles. The quantitative estimate of drug-likeness (QED) is 0.264. The van der Waals surface area contributed by atoms with Gasteiger partial charge in [0.05, 0.1) is 10.9 Å². The van der Waals surface area contributed by atoms with Crippen LogP contribution in [0, 0.1) is 10.1 Å². The third-order valence-electron chi connectivity index (χ3n) is 3.66. The molecule has 0 amide bonds. The van der Waals surface area contributed by atoms with Crippen molar-refractivity contribution in [2.45, 2.75) is 24.9 Å². The molecule has 0 spiro atoms. The summed E-state index contributed by atoms with van der Waals surface area (Å²) in [5.41, 5.74) is 0.603. The molecule has 0 saturated carbocycles. The predicted octanol–water partition coefficient (Wildman–Crippen LogP) is 2.81. The fourth-order valence-corrected chi connectivity index (χ4v) is 3.06. The number of carboxylic acids is 1. The Morgan fingerprint density at radius 3 is 2.68 bits per heavy atom. The van der Waals surface area contributed by atoms with Crippen molar-refractivity contribution in [1.29, 1.82) is 0 Å². The summed E-state index contributed by atoms with van der Waals surface area (Å²) in [6, 6.07) is 9.10. The van der Waals surface area contributed by atoms with Crippen molar-refractivity contribution in [3.63, 3.8) is 0 Å². The number of aryl methyl sites for hydroxylation is 1. The van der Waals surface area contributed by atoms with Crippen molar-refractivity contribution in [3.05, 3.63) is 63.0 Å². The predicted molar refractivity (Wildman–Crippen MR) is 100 cm³/mol. The summed E-state index contributed by atoms with van der Waals surface area (Å²) in [4.78, 5) is 25.8. The standard InChI is InChI=1S/C18H16N4O5S/c1-2-3-16-19-18(21-20-16)28-15(17(23)24)10-13-8-9-14(27-13)11-4-6-12(7-5-11)22(25)26/h4-10H,2-3H2,1H3,(H,23,24)(H,19,20,21)/p-1/b15-10-. The van der Waals surface area contributed by atoms with E-state index in [1.165, 1.54) is 18.2 Å². The van der Waals surface area contributed by atoms with Crippen LogP contribution in [0.3, 0.4) is 0 Å². The minimum absolute atomic E-state index is 0.0278. The molecule has 28 heavy (non-hydrogen) atoms. The molecule has 2 aromatic heterocycles. The minimum Gasteiger partial charge on any atom is -0.544 e. The summed E-state index contributed by atoms with van der Waals surface area (Å²) in [6.07, 6.45) is 2.93. The molecule has 0 saturated heterocycles. The molecule has 0 fully saturated rings. The van der Waals surface area contributed by atoms with Crippen LogP contribution in [0.4, 0.5) is 5.69 Å². The van der Waals surface area contributed by atoms with E-state index in [1.54, 1.807) is 24.3 Å². The number of benzene rings is 1. The molecule has 3 aromatic rings. The van der Waals surface area contributed by atoms with E-state index >= 15 is 0 Å². The van der Waals surface area contributed by atoms with Crippen molar-refractivity contribution in [1.82, 2.24) is 15.2 Å². The number of aromatic nitrogens is 3. The Kier molecular flexibility index (Phi) is 5.90. The normalized spacial score (nSPS) is 11.5. The average Bonchev–Trinajstić information content (AvgIpc) is 3.31. The van der Waals surface area contributed by atoms with Crippen LogP contribution in [-0.4, -0.2) is 26.1 Å². The summed E-state index contributed by atoms with van der Waals surface area (Å²) in [7, 11) is 0. The Bertz CT molecular complexity index is 1020. The van der Waals surface area contributed by atoms with Crippen LogP contribution < -0.4 is 5.11 Å². The average molecular weight is 399 g/mol. The number of non-ortho nitro benzene ring substituents is 1. The first kappa shape index (κ1) is 19.4. The van der Waals surface area contributed by atoms with Crippen molar-refractivity contribution < 1.29 is 19.2 Å².